The van der Waals surface area contributed by atoms with Crippen molar-refractivity contribution >= 4 is 0 Å². The van der Waals surface area contributed by atoms with E-state index in [2.05, 4.69) is 38.7 Å². The summed E-state index contributed by atoms with van der Waals surface area (Å²) in [6, 6.07) is 0.527. The number of rotatable bonds is 2. The van der Waals surface area contributed by atoms with Crippen LogP contribution in [0.25, 0.3) is 0 Å². The molecule has 0 spiro atoms. The van der Waals surface area contributed by atoms with Gasteiger partial charge in [-0.2, -0.15) is 0 Å². The highest BCUT2D eigenvalue weighted by Gasteiger charge is 2.23. The third-order valence-electron chi connectivity index (χ3n) is 2.75. The summed E-state index contributed by atoms with van der Waals surface area (Å²) in [7, 11) is 0. The fourth-order valence-corrected chi connectivity index (χ4v) is 1.80. The quantitative estimate of drug-likeness (QED) is 0.658. The summed E-state index contributed by atoms with van der Waals surface area (Å²) in [5.74, 6) is 0.476. The Balaban J connectivity index is 2.64. The minimum atomic E-state index is -0.254. The largest absolute Gasteiger partial charge is 0.387 e. The van der Waals surface area contributed by atoms with Crippen LogP contribution in [0.3, 0.4) is 0 Å². The van der Waals surface area contributed by atoms with Gasteiger partial charge in [-0.25, -0.2) is 0 Å². The molecule has 0 aliphatic carbocycles. The number of aliphatic hydroxyl groups is 1. The monoisotopic (exact) mass is 183 g/mol. The topological polar surface area (TPSA) is 23.5 Å². The fourth-order valence-electron chi connectivity index (χ4n) is 1.80. The molecule has 1 N–H and O–H groups in total. The standard InChI is InChI=1S/C11H21NO/c1-8(2)10-5-6-12(9(3)4)7-11(10)13/h5,8-9,11,13H,6-7H2,1-4H3. The van der Waals surface area contributed by atoms with Gasteiger partial charge < -0.3 is 5.11 Å². The molecule has 0 bridgehead atoms. The van der Waals surface area contributed by atoms with E-state index in [9.17, 15) is 5.11 Å². The van der Waals surface area contributed by atoms with E-state index in [1.54, 1.807) is 0 Å². The fraction of sp³-hybridized carbons (Fsp3) is 0.818. The molecule has 1 atom stereocenters. The predicted octanol–water partition coefficient (Wildman–Crippen LogP) is 1.65. The molecule has 1 aliphatic heterocycles. The van der Waals surface area contributed by atoms with Gasteiger partial charge in [0.2, 0.25) is 0 Å². The lowest BCUT2D eigenvalue weighted by molar-refractivity contribution is 0.108. The number of aliphatic hydroxyl groups excluding tert-OH is 1. The Labute approximate surface area is 81.2 Å². The number of hydrogen-bond acceptors (Lipinski definition) is 2. The van der Waals surface area contributed by atoms with Gasteiger partial charge in [-0.3, -0.25) is 4.90 Å². The smallest absolute Gasteiger partial charge is 0.0880 e. The Bertz CT molecular complexity index is 196. The van der Waals surface area contributed by atoms with Gasteiger partial charge in [0.05, 0.1) is 6.10 Å². The third-order valence-corrected chi connectivity index (χ3v) is 2.75. The first-order valence-electron chi connectivity index (χ1n) is 5.14. The molecule has 0 fully saturated rings. The molecular formula is C11H21NO. The van der Waals surface area contributed by atoms with Crippen molar-refractivity contribution in [2.45, 2.75) is 39.8 Å². The Morgan fingerprint density at radius 2 is 2.00 bits per heavy atom. The first-order chi connectivity index (χ1) is 6.02. The van der Waals surface area contributed by atoms with Crippen molar-refractivity contribution in [1.29, 1.82) is 0 Å². The molecule has 0 radical (unpaired) electrons. The molecule has 1 unspecified atom stereocenters. The van der Waals surface area contributed by atoms with Gasteiger partial charge in [0.25, 0.3) is 0 Å². The second-order valence-electron chi connectivity index (χ2n) is 4.42. The number of hydrogen-bond donors (Lipinski definition) is 1. The molecule has 13 heavy (non-hydrogen) atoms. The summed E-state index contributed by atoms with van der Waals surface area (Å²) in [5, 5.41) is 9.85. The maximum Gasteiger partial charge on any atom is 0.0880 e. The predicted molar refractivity (Wildman–Crippen MR) is 55.6 cm³/mol. The zero-order chi connectivity index (χ0) is 10.0. The van der Waals surface area contributed by atoms with E-state index in [1.165, 1.54) is 5.57 Å². The van der Waals surface area contributed by atoms with Crippen LogP contribution in [-0.4, -0.2) is 35.2 Å². The summed E-state index contributed by atoms with van der Waals surface area (Å²) in [4.78, 5) is 2.29. The van der Waals surface area contributed by atoms with Crippen molar-refractivity contribution in [3.05, 3.63) is 11.6 Å². The lowest BCUT2D eigenvalue weighted by Crippen LogP contribution is -2.42. The van der Waals surface area contributed by atoms with E-state index in [1.807, 2.05) is 0 Å². The van der Waals surface area contributed by atoms with E-state index >= 15 is 0 Å². The maximum absolute atomic E-state index is 9.85. The van der Waals surface area contributed by atoms with E-state index < -0.39 is 0 Å². The van der Waals surface area contributed by atoms with Crippen LogP contribution < -0.4 is 0 Å². The minimum absolute atomic E-state index is 0.254. The highest BCUT2D eigenvalue weighted by atomic mass is 16.3. The van der Waals surface area contributed by atoms with E-state index in [4.69, 9.17) is 0 Å². The van der Waals surface area contributed by atoms with Crippen LogP contribution in [0.4, 0.5) is 0 Å². The van der Waals surface area contributed by atoms with Crippen LogP contribution in [0, 0.1) is 5.92 Å². The first kappa shape index (κ1) is 10.7. The Morgan fingerprint density at radius 1 is 1.38 bits per heavy atom. The van der Waals surface area contributed by atoms with Gasteiger partial charge in [-0.05, 0) is 25.3 Å². The summed E-state index contributed by atoms with van der Waals surface area (Å²) in [6.07, 6.45) is 1.93. The van der Waals surface area contributed by atoms with Gasteiger partial charge in [0.1, 0.15) is 0 Å². The Morgan fingerprint density at radius 3 is 2.38 bits per heavy atom. The summed E-state index contributed by atoms with van der Waals surface area (Å²) < 4.78 is 0. The van der Waals surface area contributed by atoms with E-state index in [0.717, 1.165) is 13.1 Å². The SMILES string of the molecule is CC(C)C1=CCN(C(C)C)CC1O. The third kappa shape index (κ3) is 2.55. The lowest BCUT2D eigenvalue weighted by Gasteiger charge is -2.34. The van der Waals surface area contributed by atoms with Crippen LogP contribution >= 0.6 is 0 Å². The average Bonchev–Trinajstić information content (AvgIpc) is 2.03. The highest BCUT2D eigenvalue weighted by molar-refractivity contribution is 5.15. The second-order valence-corrected chi connectivity index (χ2v) is 4.42. The number of β-amino-alcohol motifs (C(OH)–C–C–N with tert-alkyl or cyclic N) is 1. The average molecular weight is 183 g/mol. The van der Waals surface area contributed by atoms with E-state index in [-0.39, 0.29) is 6.10 Å². The van der Waals surface area contributed by atoms with Gasteiger partial charge in [-0.1, -0.05) is 19.9 Å². The summed E-state index contributed by atoms with van der Waals surface area (Å²) in [5.41, 5.74) is 1.21. The molecule has 2 nitrogen and oxygen atoms in total. The molecule has 0 aromatic heterocycles. The lowest BCUT2D eigenvalue weighted by atomic mass is 9.94. The van der Waals surface area contributed by atoms with Gasteiger partial charge in [0, 0.05) is 19.1 Å². The maximum atomic E-state index is 9.85. The second kappa shape index (κ2) is 4.25. The van der Waals surface area contributed by atoms with Crippen LogP contribution in [0.2, 0.25) is 0 Å². The van der Waals surface area contributed by atoms with Crippen molar-refractivity contribution in [3.8, 4) is 0 Å². The molecule has 1 rings (SSSR count). The zero-order valence-corrected chi connectivity index (χ0v) is 9.12. The van der Waals surface area contributed by atoms with E-state index in [0.29, 0.717) is 12.0 Å². The molecule has 1 aliphatic rings. The molecule has 1 heterocycles. The van der Waals surface area contributed by atoms with Crippen LogP contribution in [0.5, 0.6) is 0 Å². The molecule has 0 aromatic carbocycles. The van der Waals surface area contributed by atoms with Crippen LogP contribution in [-0.2, 0) is 0 Å². The highest BCUT2D eigenvalue weighted by Crippen LogP contribution is 2.20. The molecule has 76 valence electrons. The first-order valence-corrected chi connectivity index (χ1v) is 5.14. The molecular weight excluding hydrogens is 162 g/mol. The van der Waals surface area contributed by atoms with Crippen molar-refractivity contribution < 1.29 is 5.11 Å². The van der Waals surface area contributed by atoms with Gasteiger partial charge >= 0.3 is 0 Å². The molecule has 0 saturated heterocycles. The summed E-state index contributed by atoms with van der Waals surface area (Å²) >= 11 is 0. The van der Waals surface area contributed by atoms with Crippen LogP contribution in [0.1, 0.15) is 27.7 Å². The minimum Gasteiger partial charge on any atom is -0.387 e. The van der Waals surface area contributed by atoms with Crippen molar-refractivity contribution in [2.24, 2.45) is 5.92 Å². The van der Waals surface area contributed by atoms with Crippen molar-refractivity contribution in [3.63, 3.8) is 0 Å². The van der Waals surface area contributed by atoms with Crippen molar-refractivity contribution in [2.75, 3.05) is 13.1 Å². The van der Waals surface area contributed by atoms with Crippen LogP contribution in [0.15, 0.2) is 11.6 Å². The molecule has 0 aromatic rings. The zero-order valence-electron chi connectivity index (χ0n) is 9.12. The van der Waals surface area contributed by atoms with Crippen molar-refractivity contribution in [1.82, 2.24) is 4.90 Å². The Hall–Kier alpha value is -0.340. The summed E-state index contributed by atoms with van der Waals surface area (Å²) in [6.45, 7) is 10.4. The molecule has 2 heteroatoms. The van der Waals surface area contributed by atoms with Gasteiger partial charge in [-0.15, -0.1) is 0 Å². The molecule has 0 saturated carbocycles. The molecule has 0 amide bonds. The van der Waals surface area contributed by atoms with Gasteiger partial charge in [0.15, 0.2) is 0 Å². The number of nitrogens with zero attached hydrogens (tertiary/aromatic N) is 1. The Kier molecular flexibility index (Phi) is 3.51. The normalized spacial score (nSPS) is 25.5.